The van der Waals surface area contributed by atoms with Gasteiger partial charge in [0, 0.05) is 5.92 Å². The van der Waals surface area contributed by atoms with Crippen molar-refractivity contribution in [2.24, 2.45) is 0 Å². The lowest BCUT2D eigenvalue weighted by molar-refractivity contribution is 0.102. The zero-order chi connectivity index (χ0) is 14.9. The Labute approximate surface area is 135 Å². The third-order valence-corrected chi connectivity index (χ3v) is 4.68. The highest BCUT2D eigenvalue weighted by molar-refractivity contribution is 7.15. The second-order valence-corrected chi connectivity index (χ2v) is 6.47. The van der Waals surface area contributed by atoms with Crippen molar-refractivity contribution in [3.63, 3.8) is 0 Å². The highest BCUT2D eigenvalue weighted by atomic mass is 35.5. The van der Waals surface area contributed by atoms with E-state index < -0.39 is 5.91 Å². The second-order valence-electron chi connectivity index (χ2n) is 4.27. The van der Waals surface area contributed by atoms with Gasteiger partial charge in [0.2, 0.25) is 5.13 Å². The summed E-state index contributed by atoms with van der Waals surface area (Å²) in [5, 5.41) is 12.3. The van der Waals surface area contributed by atoms with E-state index in [-0.39, 0.29) is 26.5 Å². The Morgan fingerprint density at radius 3 is 2.45 bits per heavy atom. The van der Waals surface area contributed by atoms with E-state index in [1.807, 2.05) is 13.8 Å². The zero-order valence-corrected chi connectivity index (χ0v) is 13.7. The molecule has 0 radical (unpaired) electrons. The molecule has 0 unspecified atom stereocenters. The first-order chi connectivity index (χ1) is 9.40. The summed E-state index contributed by atoms with van der Waals surface area (Å²) in [6, 6.07) is 3.05. The summed E-state index contributed by atoms with van der Waals surface area (Å²) in [4.78, 5) is 12.2. The molecule has 1 amide bonds. The molecule has 0 spiro atoms. The number of hydrogen-bond acceptors (Lipinski definition) is 4. The van der Waals surface area contributed by atoms with Gasteiger partial charge in [-0.25, -0.2) is 0 Å². The normalized spacial score (nSPS) is 10.9. The minimum Gasteiger partial charge on any atom is -0.296 e. The molecule has 0 saturated carbocycles. The van der Waals surface area contributed by atoms with E-state index in [9.17, 15) is 4.79 Å². The number of amides is 1. The summed E-state index contributed by atoms with van der Waals surface area (Å²) in [7, 11) is 0. The molecule has 1 heterocycles. The predicted octanol–water partition coefficient (Wildman–Crippen LogP) is 4.87. The van der Waals surface area contributed by atoms with Crippen LogP contribution >= 0.6 is 46.1 Å². The molecule has 0 saturated heterocycles. The molecule has 20 heavy (non-hydrogen) atoms. The average molecular weight is 351 g/mol. The van der Waals surface area contributed by atoms with E-state index in [1.165, 1.54) is 23.5 Å². The highest BCUT2D eigenvalue weighted by Crippen LogP contribution is 2.32. The monoisotopic (exact) mass is 349 g/mol. The van der Waals surface area contributed by atoms with E-state index in [1.54, 1.807) is 0 Å². The molecule has 0 fully saturated rings. The van der Waals surface area contributed by atoms with Crippen LogP contribution in [0, 0.1) is 0 Å². The number of nitrogens with one attached hydrogen (secondary N) is 1. The van der Waals surface area contributed by atoms with Crippen molar-refractivity contribution in [3.8, 4) is 0 Å². The van der Waals surface area contributed by atoms with Gasteiger partial charge in [0.1, 0.15) is 5.01 Å². The Kier molecular flexibility index (Phi) is 4.86. The molecule has 0 aliphatic carbocycles. The van der Waals surface area contributed by atoms with Crippen LogP contribution in [0.4, 0.5) is 5.13 Å². The van der Waals surface area contributed by atoms with Gasteiger partial charge in [-0.3, -0.25) is 10.1 Å². The van der Waals surface area contributed by atoms with E-state index in [0.29, 0.717) is 5.13 Å². The number of carbonyl (C=O) groups is 1. The van der Waals surface area contributed by atoms with Gasteiger partial charge in [0.15, 0.2) is 0 Å². The first-order valence-electron chi connectivity index (χ1n) is 5.68. The maximum absolute atomic E-state index is 12.2. The second kappa shape index (κ2) is 6.26. The molecule has 2 aromatic rings. The summed E-state index contributed by atoms with van der Waals surface area (Å²) in [6.07, 6.45) is 0. The van der Waals surface area contributed by atoms with Crippen molar-refractivity contribution in [3.05, 3.63) is 37.8 Å². The summed E-state index contributed by atoms with van der Waals surface area (Å²) < 4.78 is 0. The lowest BCUT2D eigenvalue weighted by Crippen LogP contribution is -2.13. The Morgan fingerprint density at radius 1 is 1.20 bits per heavy atom. The molecule has 8 heteroatoms. The largest absolute Gasteiger partial charge is 0.296 e. The molecular weight excluding hydrogens is 341 g/mol. The van der Waals surface area contributed by atoms with Crippen LogP contribution in [0.5, 0.6) is 0 Å². The van der Waals surface area contributed by atoms with Crippen molar-refractivity contribution < 1.29 is 4.79 Å². The lowest BCUT2D eigenvalue weighted by atomic mass is 10.2. The van der Waals surface area contributed by atoms with Crippen LogP contribution in [0.25, 0.3) is 0 Å². The maximum Gasteiger partial charge on any atom is 0.260 e. The number of aromatic nitrogens is 2. The van der Waals surface area contributed by atoms with E-state index in [0.717, 1.165) is 5.01 Å². The standard InChI is InChI=1S/C12H10Cl3N3OS/c1-5(2)11-17-18-12(20-11)16-10(19)8-6(13)3-4-7(14)9(8)15/h3-5H,1-2H3,(H,16,18,19). The minimum atomic E-state index is -0.464. The zero-order valence-electron chi connectivity index (χ0n) is 10.6. The number of halogens is 3. The van der Waals surface area contributed by atoms with Crippen molar-refractivity contribution in [1.82, 2.24) is 10.2 Å². The number of hydrogen-bond donors (Lipinski definition) is 1. The summed E-state index contributed by atoms with van der Waals surface area (Å²) in [6.45, 7) is 3.99. The number of nitrogens with zero attached hydrogens (tertiary/aromatic N) is 2. The maximum atomic E-state index is 12.2. The van der Waals surface area contributed by atoms with Crippen LogP contribution in [-0.4, -0.2) is 16.1 Å². The van der Waals surface area contributed by atoms with Crippen LogP contribution in [0.1, 0.15) is 35.1 Å². The molecule has 4 nitrogen and oxygen atoms in total. The fraction of sp³-hybridized carbons (Fsp3) is 0.250. The molecule has 0 atom stereocenters. The van der Waals surface area contributed by atoms with E-state index >= 15 is 0 Å². The fourth-order valence-corrected chi connectivity index (χ4v) is 2.85. The molecule has 2 rings (SSSR count). The number of benzene rings is 1. The molecule has 106 valence electrons. The SMILES string of the molecule is CC(C)c1nnc(NC(=O)c2c(Cl)ccc(Cl)c2Cl)s1. The van der Waals surface area contributed by atoms with Crippen LogP contribution in [-0.2, 0) is 0 Å². The first-order valence-corrected chi connectivity index (χ1v) is 7.63. The van der Waals surface area contributed by atoms with Gasteiger partial charge in [-0.1, -0.05) is 60.0 Å². The lowest BCUT2D eigenvalue weighted by Gasteiger charge is -2.07. The quantitative estimate of drug-likeness (QED) is 0.803. The van der Waals surface area contributed by atoms with Crippen LogP contribution < -0.4 is 5.32 Å². The molecule has 1 N–H and O–H groups in total. The number of rotatable bonds is 3. The highest BCUT2D eigenvalue weighted by Gasteiger charge is 2.19. The van der Waals surface area contributed by atoms with Gasteiger partial charge in [0.05, 0.1) is 20.6 Å². The summed E-state index contributed by atoms with van der Waals surface area (Å²) in [5.41, 5.74) is 0.127. The molecule has 1 aromatic heterocycles. The Balaban J connectivity index is 2.26. The smallest absolute Gasteiger partial charge is 0.260 e. The number of anilines is 1. The Morgan fingerprint density at radius 2 is 1.85 bits per heavy atom. The van der Waals surface area contributed by atoms with Gasteiger partial charge in [-0.2, -0.15) is 0 Å². The minimum absolute atomic E-state index is 0.116. The summed E-state index contributed by atoms with van der Waals surface area (Å²) in [5.74, 6) is -0.217. The van der Waals surface area contributed by atoms with Gasteiger partial charge in [-0.15, -0.1) is 10.2 Å². The number of carbonyl (C=O) groups excluding carboxylic acids is 1. The molecular formula is C12H10Cl3N3OS. The fourth-order valence-electron chi connectivity index (χ4n) is 1.41. The Hall–Kier alpha value is -0.880. The van der Waals surface area contributed by atoms with Crippen LogP contribution in [0.2, 0.25) is 15.1 Å². The third kappa shape index (κ3) is 3.23. The van der Waals surface area contributed by atoms with Gasteiger partial charge < -0.3 is 0 Å². The van der Waals surface area contributed by atoms with Gasteiger partial charge in [-0.05, 0) is 12.1 Å². The van der Waals surface area contributed by atoms with Crippen molar-refractivity contribution in [2.75, 3.05) is 5.32 Å². The van der Waals surface area contributed by atoms with Crippen molar-refractivity contribution in [2.45, 2.75) is 19.8 Å². The topological polar surface area (TPSA) is 54.9 Å². The first kappa shape index (κ1) is 15.5. The molecule has 0 aliphatic heterocycles. The molecule has 0 aliphatic rings. The third-order valence-electron chi connectivity index (χ3n) is 2.43. The van der Waals surface area contributed by atoms with Crippen molar-refractivity contribution >= 4 is 57.2 Å². The van der Waals surface area contributed by atoms with E-state index in [4.69, 9.17) is 34.8 Å². The van der Waals surface area contributed by atoms with Crippen LogP contribution in [0.3, 0.4) is 0 Å². The van der Waals surface area contributed by atoms with Crippen LogP contribution in [0.15, 0.2) is 12.1 Å². The molecule has 1 aromatic carbocycles. The van der Waals surface area contributed by atoms with Crippen molar-refractivity contribution in [1.29, 1.82) is 0 Å². The average Bonchev–Trinajstić information content (AvgIpc) is 2.83. The Bertz CT molecular complexity index is 657. The van der Waals surface area contributed by atoms with E-state index in [2.05, 4.69) is 15.5 Å². The summed E-state index contributed by atoms with van der Waals surface area (Å²) >= 11 is 19.2. The molecule has 0 bridgehead atoms. The predicted molar refractivity (Wildman–Crippen MR) is 83.4 cm³/mol. The van der Waals surface area contributed by atoms with Gasteiger partial charge in [0.25, 0.3) is 5.91 Å². The van der Waals surface area contributed by atoms with Gasteiger partial charge >= 0.3 is 0 Å².